The standard InChI is InChI=1S/C26H30N4O5S/c1-32-22-6-3-2-5-20(22)28-26(36)30(8-4-7-29-9-11-33-12-10-29)16-19-13-18-14-23-24(35-17-34-23)15-21(18)27-25(19)31/h2-3,5-6,13-15H,4,7-12,16-17H2,1H3,(H,27,31)(H,28,36). The van der Waals surface area contributed by atoms with Gasteiger partial charge in [0.25, 0.3) is 5.56 Å². The molecule has 0 amide bonds. The first kappa shape index (κ1) is 24.4. The third kappa shape index (κ3) is 5.56. The van der Waals surface area contributed by atoms with Crippen LogP contribution in [0.4, 0.5) is 5.69 Å². The molecular weight excluding hydrogens is 480 g/mol. The molecule has 190 valence electrons. The number of thiocarbonyl (C=S) groups is 1. The first-order valence-electron chi connectivity index (χ1n) is 12.1. The molecule has 0 spiro atoms. The van der Waals surface area contributed by atoms with Gasteiger partial charge in [-0.15, -0.1) is 0 Å². The lowest BCUT2D eigenvalue weighted by atomic mass is 10.1. The van der Waals surface area contributed by atoms with Crippen LogP contribution in [0.25, 0.3) is 10.9 Å². The van der Waals surface area contributed by atoms with Gasteiger partial charge in [-0.25, -0.2) is 0 Å². The Kier molecular flexibility index (Phi) is 7.55. The van der Waals surface area contributed by atoms with Gasteiger partial charge >= 0.3 is 0 Å². The Labute approximate surface area is 214 Å². The number of nitrogens with one attached hydrogen (secondary N) is 2. The van der Waals surface area contributed by atoms with Crippen molar-refractivity contribution in [2.75, 3.05) is 58.6 Å². The Hall–Kier alpha value is -3.34. The molecule has 10 heteroatoms. The number of fused-ring (bicyclic) bond motifs is 2. The average molecular weight is 511 g/mol. The van der Waals surface area contributed by atoms with E-state index in [1.807, 2.05) is 41.3 Å². The van der Waals surface area contributed by atoms with E-state index in [-0.39, 0.29) is 12.4 Å². The molecule has 9 nitrogen and oxygen atoms in total. The van der Waals surface area contributed by atoms with Gasteiger partial charge < -0.3 is 34.1 Å². The normalized spacial score (nSPS) is 15.1. The molecule has 0 atom stereocenters. The average Bonchev–Trinajstić information content (AvgIpc) is 3.35. The molecule has 36 heavy (non-hydrogen) atoms. The minimum absolute atomic E-state index is 0.153. The lowest BCUT2D eigenvalue weighted by molar-refractivity contribution is 0.0367. The number of nitrogens with zero attached hydrogens (tertiary/aromatic N) is 2. The summed E-state index contributed by atoms with van der Waals surface area (Å²) in [7, 11) is 1.63. The number of aromatic nitrogens is 1. The summed E-state index contributed by atoms with van der Waals surface area (Å²) < 4.78 is 21.9. The maximum Gasteiger partial charge on any atom is 0.253 e. The Balaban J connectivity index is 1.36. The number of hydrogen-bond acceptors (Lipinski definition) is 7. The Morgan fingerprint density at radius 3 is 2.75 bits per heavy atom. The highest BCUT2D eigenvalue weighted by molar-refractivity contribution is 7.80. The number of ether oxygens (including phenoxy) is 4. The summed E-state index contributed by atoms with van der Waals surface area (Å²) in [6, 6.07) is 13.2. The van der Waals surface area contributed by atoms with Crippen molar-refractivity contribution in [3.63, 3.8) is 0 Å². The van der Waals surface area contributed by atoms with Crippen molar-refractivity contribution in [3.8, 4) is 17.2 Å². The molecule has 0 unspecified atom stereocenters. The lowest BCUT2D eigenvalue weighted by Gasteiger charge is -2.29. The predicted octanol–water partition coefficient (Wildman–Crippen LogP) is 3.19. The molecule has 0 radical (unpaired) electrons. The highest BCUT2D eigenvalue weighted by Gasteiger charge is 2.19. The highest BCUT2D eigenvalue weighted by Crippen LogP contribution is 2.35. The van der Waals surface area contributed by atoms with E-state index in [9.17, 15) is 4.79 Å². The number of morpholine rings is 1. The van der Waals surface area contributed by atoms with Gasteiger partial charge in [0.2, 0.25) is 6.79 Å². The Bertz CT molecular complexity index is 1290. The molecule has 1 aromatic heterocycles. The number of rotatable bonds is 8. The van der Waals surface area contributed by atoms with Crippen LogP contribution >= 0.6 is 12.2 Å². The summed E-state index contributed by atoms with van der Waals surface area (Å²) in [5, 5.41) is 4.73. The smallest absolute Gasteiger partial charge is 0.253 e. The summed E-state index contributed by atoms with van der Waals surface area (Å²) in [6.45, 7) is 5.58. The van der Waals surface area contributed by atoms with E-state index in [1.165, 1.54) is 0 Å². The molecule has 1 fully saturated rings. The highest BCUT2D eigenvalue weighted by atomic mass is 32.1. The van der Waals surface area contributed by atoms with Crippen molar-refractivity contribution in [2.24, 2.45) is 0 Å². The first-order chi connectivity index (χ1) is 17.6. The zero-order chi connectivity index (χ0) is 24.9. The predicted molar refractivity (Wildman–Crippen MR) is 142 cm³/mol. The van der Waals surface area contributed by atoms with E-state index in [4.69, 9.17) is 31.2 Å². The molecule has 3 heterocycles. The number of benzene rings is 2. The van der Waals surface area contributed by atoms with Crippen molar-refractivity contribution < 1.29 is 18.9 Å². The zero-order valence-electron chi connectivity index (χ0n) is 20.2. The lowest BCUT2D eigenvalue weighted by Crippen LogP contribution is -2.40. The van der Waals surface area contributed by atoms with Gasteiger partial charge in [-0.3, -0.25) is 9.69 Å². The van der Waals surface area contributed by atoms with Crippen LogP contribution in [0.1, 0.15) is 12.0 Å². The van der Waals surface area contributed by atoms with Gasteiger partial charge in [-0.2, -0.15) is 0 Å². The van der Waals surface area contributed by atoms with Crippen LogP contribution in [0.2, 0.25) is 0 Å². The molecule has 2 aromatic carbocycles. The van der Waals surface area contributed by atoms with E-state index in [1.54, 1.807) is 13.2 Å². The van der Waals surface area contributed by atoms with Crippen molar-refractivity contribution in [3.05, 3.63) is 58.4 Å². The van der Waals surface area contributed by atoms with Gasteiger partial charge in [0.15, 0.2) is 16.6 Å². The number of para-hydroxylation sites is 2. The molecule has 3 aromatic rings. The van der Waals surface area contributed by atoms with Gasteiger partial charge in [0.05, 0.1) is 38.1 Å². The second-order valence-electron chi connectivity index (χ2n) is 8.78. The number of anilines is 1. The summed E-state index contributed by atoms with van der Waals surface area (Å²) in [5.41, 5.74) is 1.96. The van der Waals surface area contributed by atoms with E-state index in [0.717, 1.165) is 50.3 Å². The van der Waals surface area contributed by atoms with Crippen molar-refractivity contribution in [1.29, 1.82) is 0 Å². The Morgan fingerprint density at radius 1 is 1.17 bits per heavy atom. The molecule has 2 N–H and O–H groups in total. The topological polar surface area (TPSA) is 88.3 Å². The number of H-pyrrole nitrogens is 1. The number of methoxy groups -OCH3 is 1. The summed E-state index contributed by atoms with van der Waals surface area (Å²) >= 11 is 5.81. The molecule has 1 saturated heterocycles. The van der Waals surface area contributed by atoms with Crippen LogP contribution in [0.15, 0.2) is 47.3 Å². The Morgan fingerprint density at radius 2 is 1.94 bits per heavy atom. The second-order valence-corrected chi connectivity index (χ2v) is 9.16. The van der Waals surface area contributed by atoms with Gasteiger partial charge in [-0.1, -0.05) is 12.1 Å². The third-order valence-electron chi connectivity index (χ3n) is 6.42. The van der Waals surface area contributed by atoms with Crippen LogP contribution in [-0.4, -0.2) is 73.2 Å². The summed E-state index contributed by atoms with van der Waals surface area (Å²) in [4.78, 5) is 20.4. The van der Waals surface area contributed by atoms with Crippen molar-refractivity contribution in [1.82, 2.24) is 14.8 Å². The summed E-state index contributed by atoms with van der Waals surface area (Å²) in [5.74, 6) is 2.02. The SMILES string of the molecule is COc1ccccc1NC(=S)N(CCCN1CCOCC1)Cc1cc2cc3c(cc2[nH]c1=O)OCO3. The summed E-state index contributed by atoms with van der Waals surface area (Å²) in [6.07, 6.45) is 0.901. The van der Waals surface area contributed by atoms with Crippen LogP contribution < -0.4 is 25.1 Å². The molecule has 0 saturated carbocycles. The molecule has 0 aliphatic carbocycles. The van der Waals surface area contributed by atoms with Crippen molar-refractivity contribution >= 4 is 33.9 Å². The van der Waals surface area contributed by atoms with Crippen LogP contribution in [0, 0.1) is 0 Å². The monoisotopic (exact) mass is 510 g/mol. The fourth-order valence-corrected chi connectivity index (χ4v) is 4.73. The van der Waals surface area contributed by atoms with Crippen molar-refractivity contribution in [2.45, 2.75) is 13.0 Å². The van der Waals surface area contributed by atoms with E-state index in [0.29, 0.717) is 46.5 Å². The maximum atomic E-state index is 13.0. The fourth-order valence-electron chi connectivity index (χ4n) is 4.47. The van der Waals surface area contributed by atoms with E-state index >= 15 is 0 Å². The van der Waals surface area contributed by atoms with Gasteiger partial charge in [0, 0.05) is 43.2 Å². The molecule has 2 aliphatic rings. The van der Waals surface area contributed by atoms with Gasteiger partial charge in [-0.05, 0) is 42.9 Å². The minimum atomic E-state index is -0.153. The fraction of sp³-hybridized carbons (Fsp3) is 0.385. The molecule has 2 aliphatic heterocycles. The van der Waals surface area contributed by atoms with E-state index < -0.39 is 0 Å². The van der Waals surface area contributed by atoms with Crippen LogP contribution in [0.3, 0.4) is 0 Å². The van der Waals surface area contributed by atoms with E-state index in [2.05, 4.69) is 15.2 Å². The minimum Gasteiger partial charge on any atom is -0.495 e. The van der Waals surface area contributed by atoms with Gasteiger partial charge in [0.1, 0.15) is 5.75 Å². The maximum absolute atomic E-state index is 13.0. The largest absolute Gasteiger partial charge is 0.495 e. The third-order valence-corrected chi connectivity index (χ3v) is 6.78. The van der Waals surface area contributed by atoms with Crippen LogP contribution in [-0.2, 0) is 11.3 Å². The second kappa shape index (κ2) is 11.2. The van der Waals surface area contributed by atoms with Crippen LogP contribution in [0.5, 0.6) is 17.2 Å². The first-order valence-corrected chi connectivity index (χ1v) is 12.5. The number of hydrogen-bond donors (Lipinski definition) is 2. The zero-order valence-corrected chi connectivity index (χ0v) is 21.1. The quantitative estimate of drug-likeness (QED) is 0.444. The number of pyridine rings is 1. The molecule has 0 bridgehead atoms. The molecule has 5 rings (SSSR count). The number of aromatic amines is 1. The molecular formula is C26H30N4O5S.